The van der Waals surface area contributed by atoms with Crippen LogP contribution in [0.4, 0.5) is 0 Å². The number of benzene rings is 1. The van der Waals surface area contributed by atoms with Gasteiger partial charge in [0.25, 0.3) is 0 Å². The van der Waals surface area contributed by atoms with Crippen molar-refractivity contribution >= 4 is 0 Å². The second-order valence-electron chi connectivity index (χ2n) is 5.48. The van der Waals surface area contributed by atoms with Crippen LogP contribution in [0, 0.1) is 5.92 Å². The Morgan fingerprint density at radius 2 is 1.79 bits per heavy atom. The highest BCUT2D eigenvalue weighted by molar-refractivity contribution is 5.35. The molecule has 0 saturated heterocycles. The van der Waals surface area contributed by atoms with Crippen molar-refractivity contribution in [2.45, 2.75) is 59.0 Å². The predicted molar refractivity (Wildman–Crippen MR) is 82.7 cm³/mol. The maximum absolute atomic E-state index is 5.44. The molecule has 2 heteroatoms. The Labute approximate surface area is 118 Å². The molecule has 19 heavy (non-hydrogen) atoms. The van der Waals surface area contributed by atoms with E-state index in [1.54, 1.807) is 7.11 Å². The molecule has 0 aliphatic carbocycles. The lowest BCUT2D eigenvalue weighted by Gasteiger charge is -2.25. The van der Waals surface area contributed by atoms with Crippen LogP contribution in [0.1, 0.15) is 58.6 Å². The minimum Gasteiger partial charge on any atom is -0.496 e. The summed E-state index contributed by atoms with van der Waals surface area (Å²) in [5.74, 6) is 1.75. The number of hydrogen-bond donors (Lipinski definition) is 1. The third kappa shape index (κ3) is 4.87. The van der Waals surface area contributed by atoms with Crippen molar-refractivity contribution in [3.63, 3.8) is 0 Å². The summed E-state index contributed by atoms with van der Waals surface area (Å²) in [4.78, 5) is 0. The predicted octanol–water partition coefficient (Wildman–Crippen LogP) is 4.56. The highest BCUT2D eigenvalue weighted by atomic mass is 16.5. The van der Waals surface area contributed by atoms with Gasteiger partial charge in [-0.25, -0.2) is 0 Å². The minimum atomic E-state index is 0.324. The lowest BCUT2D eigenvalue weighted by atomic mass is 9.96. The number of methoxy groups -OCH3 is 1. The molecule has 1 aromatic carbocycles. The molecule has 0 spiro atoms. The second-order valence-corrected chi connectivity index (χ2v) is 5.48. The van der Waals surface area contributed by atoms with Crippen LogP contribution in [0.3, 0.4) is 0 Å². The number of para-hydroxylation sites is 1. The topological polar surface area (TPSA) is 21.3 Å². The summed E-state index contributed by atoms with van der Waals surface area (Å²) in [6.45, 7) is 9.07. The second kappa shape index (κ2) is 8.21. The third-order valence-corrected chi connectivity index (χ3v) is 3.97. The van der Waals surface area contributed by atoms with E-state index < -0.39 is 0 Å². The summed E-state index contributed by atoms with van der Waals surface area (Å²) >= 11 is 0. The van der Waals surface area contributed by atoms with Gasteiger partial charge in [-0.3, -0.25) is 0 Å². The van der Waals surface area contributed by atoms with Crippen LogP contribution in [0.25, 0.3) is 0 Å². The molecule has 1 rings (SSSR count). The highest BCUT2D eigenvalue weighted by Gasteiger charge is 2.16. The van der Waals surface area contributed by atoms with Gasteiger partial charge in [-0.05, 0) is 31.7 Å². The molecule has 3 unspecified atom stereocenters. The monoisotopic (exact) mass is 263 g/mol. The molecule has 0 amide bonds. The van der Waals surface area contributed by atoms with Crippen molar-refractivity contribution < 1.29 is 4.74 Å². The van der Waals surface area contributed by atoms with E-state index in [1.807, 2.05) is 12.1 Å². The van der Waals surface area contributed by atoms with Gasteiger partial charge in [0.2, 0.25) is 0 Å². The largest absolute Gasteiger partial charge is 0.496 e. The Morgan fingerprint density at radius 1 is 1.11 bits per heavy atom. The van der Waals surface area contributed by atoms with E-state index >= 15 is 0 Å². The first-order chi connectivity index (χ1) is 9.12. The zero-order valence-electron chi connectivity index (χ0n) is 13.1. The fraction of sp³-hybridized carbons (Fsp3) is 0.647. The fourth-order valence-corrected chi connectivity index (χ4v) is 2.47. The smallest absolute Gasteiger partial charge is 0.123 e. The molecule has 0 aliphatic heterocycles. The first-order valence-corrected chi connectivity index (χ1v) is 7.51. The van der Waals surface area contributed by atoms with Crippen LogP contribution in [0.2, 0.25) is 0 Å². The fourth-order valence-electron chi connectivity index (χ4n) is 2.47. The molecule has 0 aliphatic rings. The van der Waals surface area contributed by atoms with E-state index in [0.29, 0.717) is 12.1 Å². The zero-order chi connectivity index (χ0) is 14.3. The van der Waals surface area contributed by atoms with Gasteiger partial charge in [-0.2, -0.15) is 0 Å². The number of hydrogen-bond acceptors (Lipinski definition) is 2. The Morgan fingerprint density at radius 3 is 2.37 bits per heavy atom. The van der Waals surface area contributed by atoms with E-state index in [-0.39, 0.29) is 0 Å². The summed E-state index contributed by atoms with van der Waals surface area (Å²) in [7, 11) is 1.74. The first kappa shape index (κ1) is 16.0. The van der Waals surface area contributed by atoms with Crippen LogP contribution in [-0.2, 0) is 0 Å². The van der Waals surface area contributed by atoms with E-state index in [9.17, 15) is 0 Å². The standard InChI is InChI=1S/C17H29NO/c1-6-13(3)12-15(7-2)18-14(4)16-10-8-9-11-17(16)19-5/h8-11,13-15,18H,6-7,12H2,1-5H3. The van der Waals surface area contributed by atoms with E-state index in [1.165, 1.54) is 24.8 Å². The van der Waals surface area contributed by atoms with Gasteiger partial charge in [0.1, 0.15) is 5.75 Å². The average molecular weight is 263 g/mol. The number of rotatable bonds is 8. The summed E-state index contributed by atoms with van der Waals surface area (Å²) in [5.41, 5.74) is 1.24. The summed E-state index contributed by atoms with van der Waals surface area (Å²) in [6, 6.07) is 9.17. The van der Waals surface area contributed by atoms with Gasteiger partial charge in [0, 0.05) is 17.6 Å². The molecule has 2 nitrogen and oxygen atoms in total. The molecular weight excluding hydrogens is 234 g/mol. The van der Waals surface area contributed by atoms with Gasteiger partial charge in [0.05, 0.1) is 7.11 Å². The Kier molecular flexibility index (Phi) is 6.93. The lowest BCUT2D eigenvalue weighted by Crippen LogP contribution is -2.32. The number of nitrogens with one attached hydrogen (secondary N) is 1. The molecule has 0 heterocycles. The summed E-state index contributed by atoms with van der Waals surface area (Å²) in [6.07, 6.45) is 3.66. The zero-order valence-corrected chi connectivity index (χ0v) is 13.1. The van der Waals surface area contributed by atoms with Crippen LogP contribution in [-0.4, -0.2) is 13.2 Å². The van der Waals surface area contributed by atoms with Gasteiger partial charge in [-0.15, -0.1) is 0 Å². The SMILES string of the molecule is CCC(C)CC(CC)NC(C)c1ccccc1OC. The van der Waals surface area contributed by atoms with Crippen molar-refractivity contribution in [3.8, 4) is 5.75 Å². The van der Waals surface area contributed by atoms with Gasteiger partial charge < -0.3 is 10.1 Å². The van der Waals surface area contributed by atoms with Crippen molar-refractivity contribution in [2.75, 3.05) is 7.11 Å². The molecule has 1 aromatic rings. The van der Waals surface area contributed by atoms with Crippen molar-refractivity contribution in [3.05, 3.63) is 29.8 Å². The molecule has 3 atom stereocenters. The maximum Gasteiger partial charge on any atom is 0.123 e. The Hall–Kier alpha value is -1.02. The highest BCUT2D eigenvalue weighted by Crippen LogP contribution is 2.25. The van der Waals surface area contributed by atoms with Crippen molar-refractivity contribution in [1.82, 2.24) is 5.32 Å². The molecule has 0 radical (unpaired) electrons. The quantitative estimate of drug-likeness (QED) is 0.742. The van der Waals surface area contributed by atoms with Crippen LogP contribution in [0.15, 0.2) is 24.3 Å². The Bertz CT molecular complexity index is 364. The van der Waals surface area contributed by atoms with Crippen molar-refractivity contribution in [2.24, 2.45) is 5.92 Å². The van der Waals surface area contributed by atoms with E-state index in [4.69, 9.17) is 4.74 Å². The molecule has 0 fully saturated rings. The molecule has 108 valence electrons. The van der Waals surface area contributed by atoms with Gasteiger partial charge >= 0.3 is 0 Å². The van der Waals surface area contributed by atoms with Crippen molar-refractivity contribution in [1.29, 1.82) is 0 Å². The minimum absolute atomic E-state index is 0.324. The molecule has 0 aromatic heterocycles. The summed E-state index contributed by atoms with van der Waals surface area (Å²) < 4.78 is 5.44. The molecular formula is C17H29NO. The summed E-state index contributed by atoms with van der Waals surface area (Å²) in [5, 5.41) is 3.74. The lowest BCUT2D eigenvalue weighted by molar-refractivity contribution is 0.350. The molecule has 0 bridgehead atoms. The normalized spacial score (nSPS) is 15.8. The van der Waals surface area contributed by atoms with E-state index in [2.05, 4.69) is 45.1 Å². The molecule has 1 N–H and O–H groups in total. The van der Waals surface area contributed by atoms with Crippen LogP contribution < -0.4 is 10.1 Å². The Balaban J connectivity index is 2.68. The number of ether oxygens (including phenoxy) is 1. The molecule has 0 saturated carbocycles. The van der Waals surface area contributed by atoms with Crippen LogP contribution >= 0.6 is 0 Å². The van der Waals surface area contributed by atoms with Gasteiger partial charge in [0.15, 0.2) is 0 Å². The van der Waals surface area contributed by atoms with Crippen LogP contribution in [0.5, 0.6) is 5.75 Å². The van der Waals surface area contributed by atoms with Gasteiger partial charge in [-0.1, -0.05) is 45.4 Å². The maximum atomic E-state index is 5.44. The average Bonchev–Trinajstić information content (AvgIpc) is 2.45. The first-order valence-electron chi connectivity index (χ1n) is 7.51. The third-order valence-electron chi connectivity index (χ3n) is 3.97. The van der Waals surface area contributed by atoms with E-state index in [0.717, 1.165) is 11.7 Å².